The SMILES string of the molecule is COc1ccc(C(N)C(CN)C(C)C)cc1C. The fourth-order valence-corrected chi connectivity index (χ4v) is 2.19. The molecule has 3 heteroatoms. The van der Waals surface area contributed by atoms with Crippen molar-refractivity contribution in [3.63, 3.8) is 0 Å². The van der Waals surface area contributed by atoms with Crippen LogP contribution in [0.4, 0.5) is 0 Å². The first kappa shape index (κ1) is 14.0. The van der Waals surface area contributed by atoms with Crippen LogP contribution in [0.5, 0.6) is 5.75 Å². The van der Waals surface area contributed by atoms with Gasteiger partial charge in [0.15, 0.2) is 0 Å². The van der Waals surface area contributed by atoms with E-state index in [1.165, 1.54) is 0 Å². The van der Waals surface area contributed by atoms with E-state index in [9.17, 15) is 0 Å². The van der Waals surface area contributed by atoms with E-state index in [0.717, 1.165) is 16.9 Å². The van der Waals surface area contributed by atoms with Crippen LogP contribution in [-0.2, 0) is 0 Å². The minimum atomic E-state index is -0.00962. The maximum absolute atomic E-state index is 6.29. The molecular weight excluding hydrogens is 212 g/mol. The molecular formula is C14H24N2O. The third kappa shape index (κ3) is 3.20. The maximum Gasteiger partial charge on any atom is 0.121 e. The number of benzene rings is 1. The van der Waals surface area contributed by atoms with Crippen LogP contribution in [-0.4, -0.2) is 13.7 Å². The average molecular weight is 236 g/mol. The Morgan fingerprint density at radius 2 is 1.94 bits per heavy atom. The lowest BCUT2D eigenvalue weighted by molar-refractivity contribution is 0.331. The normalized spacial score (nSPS) is 14.8. The van der Waals surface area contributed by atoms with E-state index >= 15 is 0 Å². The molecule has 1 aromatic carbocycles. The number of hydrogen-bond acceptors (Lipinski definition) is 3. The molecule has 0 saturated heterocycles. The summed E-state index contributed by atoms with van der Waals surface area (Å²) in [5.74, 6) is 1.69. The molecule has 0 amide bonds. The maximum atomic E-state index is 6.29. The summed E-state index contributed by atoms with van der Waals surface area (Å²) in [6.45, 7) is 6.97. The Bertz CT molecular complexity index is 363. The van der Waals surface area contributed by atoms with Crippen molar-refractivity contribution in [1.82, 2.24) is 0 Å². The van der Waals surface area contributed by atoms with Crippen LogP contribution in [0.2, 0.25) is 0 Å². The first-order chi connectivity index (χ1) is 8.01. The van der Waals surface area contributed by atoms with E-state index in [-0.39, 0.29) is 6.04 Å². The number of methoxy groups -OCH3 is 1. The Hall–Kier alpha value is -1.06. The number of nitrogens with two attached hydrogens (primary N) is 2. The van der Waals surface area contributed by atoms with Crippen LogP contribution in [0.1, 0.15) is 31.0 Å². The van der Waals surface area contributed by atoms with Gasteiger partial charge in [0.2, 0.25) is 0 Å². The van der Waals surface area contributed by atoms with Crippen molar-refractivity contribution in [2.75, 3.05) is 13.7 Å². The van der Waals surface area contributed by atoms with E-state index < -0.39 is 0 Å². The van der Waals surface area contributed by atoms with Crippen molar-refractivity contribution in [2.45, 2.75) is 26.8 Å². The average Bonchev–Trinajstić information content (AvgIpc) is 2.29. The molecule has 2 unspecified atom stereocenters. The predicted octanol–water partition coefficient (Wildman–Crippen LogP) is 2.23. The Labute approximate surface area is 104 Å². The van der Waals surface area contributed by atoms with Crippen molar-refractivity contribution in [3.05, 3.63) is 29.3 Å². The summed E-state index contributed by atoms with van der Waals surface area (Å²) < 4.78 is 5.25. The molecule has 0 heterocycles. The molecule has 0 aliphatic rings. The van der Waals surface area contributed by atoms with Crippen LogP contribution >= 0.6 is 0 Å². The molecule has 0 aliphatic carbocycles. The number of rotatable bonds is 5. The zero-order valence-corrected chi connectivity index (χ0v) is 11.2. The second-order valence-electron chi connectivity index (χ2n) is 4.90. The zero-order valence-electron chi connectivity index (χ0n) is 11.2. The fraction of sp³-hybridized carbons (Fsp3) is 0.571. The third-order valence-electron chi connectivity index (χ3n) is 3.39. The molecule has 0 saturated carbocycles. The molecule has 1 aromatic rings. The van der Waals surface area contributed by atoms with Gasteiger partial charge >= 0.3 is 0 Å². The lowest BCUT2D eigenvalue weighted by Gasteiger charge is -2.26. The molecule has 3 nitrogen and oxygen atoms in total. The van der Waals surface area contributed by atoms with E-state index in [1.54, 1.807) is 7.11 Å². The van der Waals surface area contributed by atoms with Crippen molar-refractivity contribution in [3.8, 4) is 5.75 Å². The molecule has 4 N–H and O–H groups in total. The first-order valence-electron chi connectivity index (χ1n) is 6.11. The van der Waals surface area contributed by atoms with Gasteiger partial charge in [-0.05, 0) is 42.5 Å². The molecule has 0 aliphatic heterocycles. The van der Waals surface area contributed by atoms with Gasteiger partial charge in [-0.25, -0.2) is 0 Å². The van der Waals surface area contributed by atoms with Crippen LogP contribution in [0.3, 0.4) is 0 Å². The van der Waals surface area contributed by atoms with Gasteiger partial charge in [0.05, 0.1) is 7.11 Å². The summed E-state index contributed by atoms with van der Waals surface area (Å²) in [6, 6.07) is 6.08. The monoisotopic (exact) mass is 236 g/mol. The largest absolute Gasteiger partial charge is 0.496 e. The topological polar surface area (TPSA) is 61.3 Å². The highest BCUT2D eigenvalue weighted by atomic mass is 16.5. The molecule has 0 bridgehead atoms. The van der Waals surface area contributed by atoms with Gasteiger partial charge in [-0.15, -0.1) is 0 Å². The molecule has 0 fully saturated rings. The van der Waals surface area contributed by atoms with Gasteiger partial charge < -0.3 is 16.2 Å². The zero-order chi connectivity index (χ0) is 13.0. The van der Waals surface area contributed by atoms with Gasteiger partial charge in [-0.3, -0.25) is 0 Å². The van der Waals surface area contributed by atoms with E-state index in [0.29, 0.717) is 18.4 Å². The summed E-state index contributed by atoms with van der Waals surface area (Å²) in [7, 11) is 1.68. The lowest BCUT2D eigenvalue weighted by Crippen LogP contribution is -2.31. The Kier molecular flexibility index (Phi) is 4.97. The molecule has 0 radical (unpaired) electrons. The van der Waals surface area contributed by atoms with Crippen LogP contribution in [0.25, 0.3) is 0 Å². The highest BCUT2D eigenvalue weighted by molar-refractivity contribution is 5.37. The van der Waals surface area contributed by atoms with Gasteiger partial charge in [-0.2, -0.15) is 0 Å². The molecule has 0 aromatic heterocycles. The van der Waals surface area contributed by atoms with Crippen molar-refractivity contribution >= 4 is 0 Å². The van der Waals surface area contributed by atoms with Crippen molar-refractivity contribution in [1.29, 1.82) is 0 Å². The molecule has 17 heavy (non-hydrogen) atoms. The van der Waals surface area contributed by atoms with Gasteiger partial charge in [0, 0.05) is 6.04 Å². The second kappa shape index (κ2) is 6.03. The molecule has 0 spiro atoms. The molecule has 2 atom stereocenters. The van der Waals surface area contributed by atoms with Crippen LogP contribution in [0.15, 0.2) is 18.2 Å². The number of hydrogen-bond donors (Lipinski definition) is 2. The summed E-state index contributed by atoms with van der Waals surface area (Å²) in [6.07, 6.45) is 0. The Balaban J connectivity index is 2.95. The quantitative estimate of drug-likeness (QED) is 0.824. The van der Waals surface area contributed by atoms with Crippen molar-refractivity contribution in [2.24, 2.45) is 23.3 Å². The van der Waals surface area contributed by atoms with E-state index in [1.807, 2.05) is 19.1 Å². The number of ether oxygens (including phenoxy) is 1. The smallest absolute Gasteiger partial charge is 0.121 e. The molecule has 96 valence electrons. The minimum absolute atomic E-state index is 0.00962. The minimum Gasteiger partial charge on any atom is -0.496 e. The van der Waals surface area contributed by atoms with Crippen LogP contribution in [0, 0.1) is 18.8 Å². The lowest BCUT2D eigenvalue weighted by atomic mass is 9.85. The first-order valence-corrected chi connectivity index (χ1v) is 6.11. The second-order valence-corrected chi connectivity index (χ2v) is 4.90. The van der Waals surface area contributed by atoms with Gasteiger partial charge in [0.25, 0.3) is 0 Å². The summed E-state index contributed by atoms with van der Waals surface area (Å²) in [4.78, 5) is 0. The van der Waals surface area contributed by atoms with Crippen molar-refractivity contribution < 1.29 is 4.74 Å². The highest BCUT2D eigenvalue weighted by Gasteiger charge is 2.21. The Morgan fingerprint density at radius 3 is 2.35 bits per heavy atom. The third-order valence-corrected chi connectivity index (χ3v) is 3.39. The highest BCUT2D eigenvalue weighted by Crippen LogP contribution is 2.28. The van der Waals surface area contributed by atoms with Gasteiger partial charge in [0.1, 0.15) is 5.75 Å². The fourth-order valence-electron chi connectivity index (χ4n) is 2.19. The number of aryl methyl sites for hydroxylation is 1. The summed E-state index contributed by atoms with van der Waals surface area (Å²) in [5.41, 5.74) is 14.3. The van der Waals surface area contributed by atoms with Crippen LogP contribution < -0.4 is 16.2 Å². The Morgan fingerprint density at radius 1 is 1.29 bits per heavy atom. The van der Waals surface area contributed by atoms with E-state index in [4.69, 9.17) is 16.2 Å². The molecule has 1 rings (SSSR count). The predicted molar refractivity (Wildman–Crippen MR) is 72.0 cm³/mol. The van der Waals surface area contributed by atoms with Gasteiger partial charge in [-0.1, -0.05) is 26.0 Å². The summed E-state index contributed by atoms with van der Waals surface area (Å²) in [5, 5.41) is 0. The van der Waals surface area contributed by atoms with E-state index in [2.05, 4.69) is 19.9 Å². The summed E-state index contributed by atoms with van der Waals surface area (Å²) >= 11 is 0. The standard InChI is InChI=1S/C14H24N2O/c1-9(2)12(8-15)14(16)11-5-6-13(17-4)10(3)7-11/h5-7,9,12,14H,8,15-16H2,1-4H3.